The number of nitrogens with zero attached hydrogens (tertiary/aromatic N) is 3. The molecule has 2 heterocycles. The van der Waals surface area contributed by atoms with Gasteiger partial charge in [-0.15, -0.1) is 0 Å². The normalized spacial score (nSPS) is 19.7. The van der Waals surface area contributed by atoms with Gasteiger partial charge in [0.15, 0.2) is 6.10 Å². The Bertz CT molecular complexity index is 889. The minimum absolute atomic E-state index is 0.0836. The Morgan fingerprint density at radius 2 is 1.56 bits per heavy atom. The lowest BCUT2D eigenvalue weighted by molar-refractivity contribution is 0.132. The van der Waals surface area contributed by atoms with E-state index in [1.165, 1.54) is 11.1 Å². The van der Waals surface area contributed by atoms with Gasteiger partial charge in [-0.3, -0.25) is 0 Å². The number of carbonyl (C=O) groups excluding carboxylic acids is 1. The molecule has 0 saturated carbocycles. The van der Waals surface area contributed by atoms with Crippen LogP contribution in [0.3, 0.4) is 0 Å². The average Bonchev–Trinajstić information content (AvgIpc) is 3.00. The molecule has 1 fully saturated rings. The number of rotatable bonds is 3. The Hall–Kier alpha value is -2.92. The molecule has 1 aliphatic heterocycles. The minimum Gasteiger partial charge on any atom is -0.438 e. The van der Waals surface area contributed by atoms with E-state index < -0.39 is 12.2 Å². The molecule has 5 nitrogen and oxygen atoms in total. The van der Waals surface area contributed by atoms with Gasteiger partial charge in [-0.05, 0) is 28.8 Å². The van der Waals surface area contributed by atoms with Crippen LogP contribution in [0.15, 0.2) is 72.9 Å². The highest BCUT2D eigenvalue weighted by Crippen LogP contribution is 2.44. The van der Waals surface area contributed by atoms with Crippen molar-refractivity contribution in [3.05, 3.63) is 89.3 Å². The maximum atomic E-state index is 12.7. The fraction of sp³-hybridized carbons (Fsp3) is 0.105. The number of halogens is 1. The predicted octanol–water partition coefficient (Wildman–Crippen LogP) is 4.57. The summed E-state index contributed by atoms with van der Waals surface area (Å²) in [6, 6.07) is 20.7. The van der Waals surface area contributed by atoms with Crippen molar-refractivity contribution in [1.29, 1.82) is 0 Å². The second kappa shape index (κ2) is 6.53. The van der Waals surface area contributed by atoms with Gasteiger partial charge in [0.05, 0.1) is 0 Å². The first-order valence-corrected chi connectivity index (χ1v) is 8.20. The Kier molecular flexibility index (Phi) is 4.07. The Labute approximate surface area is 149 Å². The molecule has 1 saturated heterocycles. The molecular formula is C19H14ClN3O2. The van der Waals surface area contributed by atoms with Crippen LogP contribution >= 0.6 is 11.6 Å². The molecule has 0 aliphatic carbocycles. The van der Waals surface area contributed by atoms with Crippen molar-refractivity contribution in [2.45, 2.75) is 12.1 Å². The number of anilines is 1. The summed E-state index contributed by atoms with van der Waals surface area (Å²) in [6.45, 7) is 0. The van der Waals surface area contributed by atoms with Crippen LogP contribution < -0.4 is 4.90 Å². The van der Waals surface area contributed by atoms with Gasteiger partial charge in [-0.2, -0.15) is 0 Å². The predicted molar refractivity (Wildman–Crippen MR) is 94.4 cm³/mol. The lowest BCUT2D eigenvalue weighted by Gasteiger charge is -2.24. The summed E-state index contributed by atoms with van der Waals surface area (Å²) in [6.07, 6.45) is 0.623. The van der Waals surface area contributed by atoms with Crippen LogP contribution in [0, 0.1) is 0 Å². The first-order valence-electron chi connectivity index (χ1n) is 7.82. The molecule has 124 valence electrons. The van der Waals surface area contributed by atoms with Crippen molar-refractivity contribution in [3.8, 4) is 0 Å². The summed E-state index contributed by atoms with van der Waals surface area (Å²) in [4.78, 5) is 22.3. The van der Waals surface area contributed by atoms with Crippen molar-refractivity contribution < 1.29 is 9.53 Å². The minimum atomic E-state index is -0.461. The fourth-order valence-corrected chi connectivity index (χ4v) is 3.19. The van der Waals surface area contributed by atoms with Crippen LogP contribution in [0.2, 0.25) is 5.28 Å². The highest BCUT2D eigenvalue weighted by atomic mass is 35.5. The van der Waals surface area contributed by atoms with Crippen molar-refractivity contribution >= 4 is 23.5 Å². The van der Waals surface area contributed by atoms with Crippen molar-refractivity contribution in [2.24, 2.45) is 0 Å². The Balaban J connectivity index is 1.83. The smallest absolute Gasteiger partial charge is 0.416 e. The van der Waals surface area contributed by atoms with E-state index in [1.54, 1.807) is 6.07 Å². The van der Waals surface area contributed by atoms with E-state index in [1.807, 2.05) is 60.7 Å². The first-order chi connectivity index (χ1) is 12.2. The third-order valence-electron chi connectivity index (χ3n) is 4.12. The number of benzene rings is 2. The van der Waals surface area contributed by atoms with Crippen molar-refractivity contribution in [3.63, 3.8) is 0 Å². The maximum Gasteiger partial charge on any atom is 0.416 e. The highest BCUT2D eigenvalue weighted by molar-refractivity contribution is 6.28. The van der Waals surface area contributed by atoms with Crippen LogP contribution in [0.5, 0.6) is 0 Å². The van der Waals surface area contributed by atoms with Crippen LogP contribution in [-0.4, -0.2) is 16.1 Å². The number of amides is 1. The lowest BCUT2D eigenvalue weighted by Crippen LogP contribution is -2.28. The van der Waals surface area contributed by atoms with E-state index in [4.69, 9.17) is 16.3 Å². The van der Waals surface area contributed by atoms with Gasteiger partial charge in [0.1, 0.15) is 11.9 Å². The Morgan fingerprint density at radius 1 is 0.920 bits per heavy atom. The molecule has 0 N–H and O–H groups in total. The van der Waals surface area contributed by atoms with Gasteiger partial charge in [-0.1, -0.05) is 60.7 Å². The molecule has 2 atom stereocenters. The molecule has 0 spiro atoms. The van der Waals surface area contributed by atoms with Crippen LogP contribution in [0.25, 0.3) is 0 Å². The maximum absolute atomic E-state index is 12.7. The molecule has 0 bridgehead atoms. The number of hydrogen-bond donors (Lipinski definition) is 0. The number of cyclic esters (lactones) is 1. The summed E-state index contributed by atoms with van der Waals surface area (Å²) in [5.74, 6) is 0.414. The van der Waals surface area contributed by atoms with Crippen molar-refractivity contribution in [2.75, 3.05) is 4.90 Å². The number of carbonyl (C=O) groups is 1. The van der Waals surface area contributed by atoms with Crippen LogP contribution in [-0.2, 0) is 4.74 Å². The molecule has 0 unspecified atom stereocenters. The molecule has 0 radical (unpaired) electrons. The third kappa shape index (κ3) is 2.94. The summed E-state index contributed by atoms with van der Waals surface area (Å²) in [5.41, 5.74) is 1.88. The van der Waals surface area contributed by atoms with Gasteiger partial charge >= 0.3 is 6.09 Å². The molecule has 6 heteroatoms. The van der Waals surface area contributed by atoms with Crippen LogP contribution in [0.4, 0.5) is 10.6 Å². The SMILES string of the molecule is O=C1O[C@@H](c2ccccc2)[C@@H](c2ccccc2)N1c1ccnc(Cl)n1. The molecule has 1 amide bonds. The zero-order valence-electron chi connectivity index (χ0n) is 13.1. The van der Waals surface area contributed by atoms with Crippen LogP contribution in [0.1, 0.15) is 23.3 Å². The van der Waals surface area contributed by atoms with E-state index in [0.29, 0.717) is 5.82 Å². The number of aromatic nitrogens is 2. The molecule has 1 aliphatic rings. The second-order valence-electron chi connectivity index (χ2n) is 5.62. The summed E-state index contributed by atoms with van der Waals surface area (Å²) in [7, 11) is 0. The van der Waals surface area contributed by atoms with Gasteiger partial charge in [0.2, 0.25) is 5.28 Å². The topological polar surface area (TPSA) is 55.3 Å². The summed E-state index contributed by atoms with van der Waals surface area (Å²) in [5, 5.41) is 0.0836. The van der Waals surface area contributed by atoms with Gasteiger partial charge < -0.3 is 4.74 Å². The third-order valence-corrected chi connectivity index (χ3v) is 4.30. The monoisotopic (exact) mass is 351 g/mol. The lowest BCUT2D eigenvalue weighted by atomic mass is 9.95. The standard InChI is InChI=1S/C19H14ClN3O2/c20-18-21-12-11-15(22-18)23-16(13-7-3-1-4-8-13)17(25-19(23)24)14-9-5-2-6-10-14/h1-12,16-17H/t16-,17+/m1/s1. The number of hydrogen-bond acceptors (Lipinski definition) is 4. The summed E-state index contributed by atoms with van der Waals surface area (Å²) < 4.78 is 5.70. The second-order valence-corrected chi connectivity index (χ2v) is 5.96. The number of ether oxygens (including phenoxy) is 1. The van der Waals surface area contributed by atoms with Gasteiger partial charge in [0.25, 0.3) is 0 Å². The van der Waals surface area contributed by atoms with E-state index >= 15 is 0 Å². The summed E-state index contributed by atoms with van der Waals surface area (Å²) >= 11 is 5.92. The Morgan fingerprint density at radius 3 is 2.20 bits per heavy atom. The molecule has 1 aromatic heterocycles. The molecular weight excluding hydrogens is 338 g/mol. The van der Waals surface area contributed by atoms with E-state index in [-0.39, 0.29) is 11.3 Å². The zero-order valence-corrected chi connectivity index (χ0v) is 13.9. The van der Waals surface area contributed by atoms with E-state index in [0.717, 1.165) is 11.1 Å². The van der Waals surface area contributed by atoms with Crippen molar-refractivity contribution in [1.82, 2.24) is 9.97 Å². The highest BCUT2D eigenvalue weighted by Gasteiger charge is 2.45. The first kappa shape index (κ1) is 15.6. The molecule has 25 heavy (non-hydrogen) atoms. The molecule has 2 aromatic carbocycles. The van der Waals surface area contributed by atoms with E-state index in [9.17, 15) is 4.79 Å². The zero-order chi connectivity index (χ0) is 17.2. The average molecular weight is 352 g/mol. The molecule has 3 aromatic rings. The van der Waals surface area contributed by atoms with Gasteiger partial charge in [0, 0.05) is 6.20 Å². The largest absolute Gasteiger partial charge is 0.438 e. The quantitative estimate of drug-likeness (QED) is 0.649. The molecule has 4 rings (SSSR count). The fourth-order valence-electron chi connectivity index (χ4n) is 3.04. The van der Waals surface area contributed by atoms with Gasteiger partial charge in [-0.25, -0.2) is 19.7 Å². The van der Waals surface area contributed by atoms with E-state index in [2.05, 4.69) is 9.97 Å².